The second-order valence-electron chi connectivity index (χ2n) is 4.69. The van der Waals surface area contributed by atoms with Crippen LogP contribution in [-0.2, 0) is 12.8 Å². The monoisotopic (exact) mass is 266 g/mol. The molecule has 0 bridgehead atoms. The van der Waals surface area contributed by atoms with Gasteiger partial charge in [0.15, 0.2) is 0 Å². The van der Waals surface area contributed by atoms with Crippen molar-refractivity contribution in [3.8, 4) is 11.5 Å². The van der Waals surface area contributed by atoms with Gasteiger partial charge in [-0.2, -0.15) is 0 Å². The van der Waals surface area contributed by atoms with Gasteiger partial charge in [0.25, 0.3) is 0 Å². The Bertz CT molecular complexity index is 584. The van der Waals surface area contributed by atoms with Crippen LogP contribution in [-0.4, -0.2) is 10.2 Å². The molecule has 2 heteroatoms. The fraction of sp³-hybridized carbons (Fsp3) is 0.111. The molecule has 0 amide bonds. The molecule has 0 fully saturated rings. The van der Waals surface area contributed by atoms with Crippen LogP contribution in [0.25, 0.3) is 12.2 Å². The minimum atomic E-state index is 0.252. The van der Waals surface area contributed by atoms with Crippen molar-refractivity contribution in [1.29, 1.82) is 0 Å². The summed E-state index contributed by atoms with van der Waals surface area (Å²) in [7, 11) is 0. The van der Waals surface area contributed by atoms with Crippen LogP contribution >= 0.6 is 0 Å². The first-order chi connectivity index (χ1) is 9.63. The SMILES string of the molecule is C=Cc1cc(CCc2ccc(O)c(C=C)c2)ccc1O. The van der Waals surface area contributed by atoms with Gasteiger partial charge in [-0.15, -0.1) is 0 Å². The Morgan fingerprint density at radius 2 is 1.15 bits per heavy atom. The first-order valence-electron chi connectivity index (χ1n) is 6.52. The van der Waals surface area contributed by atoms with Gasteiger partial charge < -0.3 is 10.2 Å². The van der Waals surface area contributed by atoms with Crippen LogP contribution in [0.4, 0.5) is 0 Å². The third kappa shape index (κ3) is 3.09. The molecule has 0 unspecified atom stereocenters. The van der Waals surface area contributed by atoms with Crippen LogP contribution in [0.5, 0.6) is 11.5 Å². The van der Waals surface area contributed by atoms with Crippen LogP contribution in [0, 0.1) is 0 Å². The van der Waals surface area contributed by atoms with Crippen molar-refractivity contribution in [3.05, 3.63) is 71.8 Å². The van der Waals surface area contributed by atoms with Gasteiger partial charge in [-0.25, -0.2) is 0 Å². The van der Waals surface area contributed by atoms with Crippen LogP contribution < -0.4 is 0 Å². The van der Waals surface area contributed by atoms with Crippen molar-refractivity contribution >= 4 is 12.2 Å². The summed E-state index contributed by atoms with van der Waals surface area (Å²) < 4.78 is 0. The first-order valence-corrected chi connectivity index (χ1v) is 6.52. The van der Waals surface area contributed by atoms with Crippen molar-refractivity contribution in [3.63, 3.8) is 0 Å². The van der Waals surface area contributed by atoms with Gasteiger partial charge in [-0.3, -0.25) is 0 Å². The highest BCUT2D eigenvalue weighted by atomic mass is 16.3. The van der Waals surface area contributed by atoms with Gasteiger partial charge in [0.1, 0.15) is 11.5 Å². The molecule has 2 N–H and O–H groups in total. The largest absolute Gasteiger partial charge is 0.507 e. The van der Waals surface area contributed by atoms with E-state index in [1.807, 2.05) is 24.3 Å². The fourth-order valence-corrected chi connectivity index (χ4v) is 2.13. The summed E-state index contributed by atoms with van der Waals surface area (Å²) in [5, 5.41) is 19.2. The smallest absolute Gasteiger partial charge is 0.122 e. The van der Waals surface area contributed by atoms with E-state index in [0.717, 1.165) is 35.1 Å². The Labute approximate surface area is 119 Å². The Morgan fingerprint density at radius 3 is 1.50 bits per heavy atom. The molecule has 0 aliphatic rings. The summed E-state index contributed by atoms with van der Waals surface area (Å²) in [6, 6.07) is 11.1. The van der Waals surface area contributed by atoms with Crippen molar-refractivity contribution < 1.29 is 10.2 Å². The lowest BCUT2D eigenvalue weighted by Crippen LogP contribution is -1.93. The summed E-state index contributed by atoms with van der Waals surface area (Å²) >= 11 is 0. The minimum absolute atomic E-state index is 0.252. The summed E-state index contributed by atoms with van der Waals surface area (Å²) in [6.45, 7) is 7.37. The number of aryl methyl sites for hydroxylation is 2. The van der Waals surface area contributed by atoms with Gasteiger partial charge in [0.05, 0.1) is 0 Å². The molecule has 0 heterocycles. The molecule has 2 rings (SSSR count). The zero-order valence-electron chi connectivity index (χ0n) is 11.3. The molecule has 0 saturated carbocycles. The second-order valence-corrected chi connectivity index (χ2v) is 4.69. The Balaban J connectivity index is 2.12. The molecule has 2 aromatic carbocycles. The van der Waals surface area contributed by atoms with E-state index < -0.39 is 0 Å². The number of phenols is 2. The minimum Gasteiger partial charge on any atom is -0.507 e. The molecular formula is C18H18O2. The molecule has 20 heavy (non-hydrogen) atoms. The number of benzene rings is 2. The fourth-order valence-electron chi connectivity index (χ4n) is 2.13. The van der Waals surface area contributed by atoms with Crippen LogP contribution in [0.1, 0.15) is 22.3 Å². The van der Waals surface area contributed by atoms with E-state index in [1.165, 1.54) is 0 Å². The number of rotatable bonds is 5. The molecule has 0 spiro atoms. The Hall–Kier alpha value is -2.48. The molecule has 0 saturated heterocycles. The molecule has 102 valence electrons. The van der Waals surface area contributed by atoms with Crippen molar-refractivity contribution in [2.24, 2.45) is 0 Å². The topological polar surface area (TPSA) is 40.5 Å². The van der Waals surface area contributed by atoms with Crippen LogP contribution in [0.2, 0.25) is 0 Å². The average molecular weight is 266 g/mol. The molecule has 0 aliphatic carbocycles. The number of hydrogen-bond donors (Lipinski definition) is 2. The highest BCUT2D eigenvalue weighted by Crippen LogP contribution is 2.22. The summed E-state index contributed by atoms with van der Waals surface area (Å²) in [6.07, 6.45) is 5.02. The lowest BCUT2D eigenvalue weighted by molar-refractivity contribution is 0.473. The molecule has 0 aromatic heterocycles. The average Bonchev–Trinajstić information content (AvgIpc) is 2.47. The quantitative estimate of drug-likeness (QED) is 0.852. The molecule has 2 nitrogen and oxygen atoms in total. The zero-order chi connectivity index (χ0) is 14.5. The maximum absolute atomic E-state index is 9.61. The number of hydrogen-bond acceptors (Lipinski definition) is 2. The predicted molar refractivity (Wildman–Crippen MR) is 83.8 cm³/mol. The van der Waals surface area contributed by atoms with Gasteiger partial charge in [0, 0.05) is 11.1 Å². The van der Waals surface area contributed by atoms with E-state index >= 15 is 0 Å². The molecular weight excluding hydrogens is 248 g/mol. The maximum Gasteiger partial charge on any atom is 0.122 e. The van der Waals surface area contributed by atoms with Crippen molar-refractivity contribution in [2.45, 2.75) is 12.8 Å². The van der Waals surface area contributed by atoms with E-state index in [2.05, 4.69) is 13.2 Å². The van der Waals surface area contributed by atoms with Crippen LogP contribution in [0.3, 0.4) is 0 Å². The second kappa shape index (κ2) is 6.11. The van der Waals surface area contributed by atoms with Crippen molar-refractivity contribution in [1.82, 2.24) is 0 Å². The normalized spacial score (nSPS) is 10.2. The molecule has 0 atom stereocenters. The molecule has 0 aliphatic heterocycles. The highest BCUT2D eigenvalue weighted by molar-refractivity contribution is 5.57. The summed E-state index contributed by atoms with van der Waals surface area (Å²) in [5.41, 5.74) is 3.79. The van der Waals surface area contributed by atoms with E-state index in [9.17, 15) is 10.2 Å². The van der Waals surface area contributed by atoms with E-state index in [1.54, 1.807) is 24.3 Å². The third-order valence-corrected chi connectivity index (χ3v) is 3.33. The van der Waals surface area contributed by atoms with Gasteiger partial charge in [-0.1, -0.05) is 37.4 Å². The van der Waals surface area contributed by atoms with Crippen LogP contribution in [0.15, 0.2) is 49.6 Å². The van der Waals surface area contributed by atoms with Gasteiger partial charge >= 0.3 is 0 Å². The highest BCUT2D eigenvalue weighted by Gasteiger charge is 2.03. The van der Waals surface area contributed by atoms with E-state index in [4.69, 9.17) is 0 Å². The summed E-state index contributed by atoms with van der Waals surface area (Å²) in [4.78, 5) is 0. The van der Waals surface area contributed by atoms with Gasteiger partial charge in [0.2, 0.25) is 0 Å². The summed E-state index contributed by atoms with van der Waals surface area (Å²) in [5.74, 6) is 0.504. The Morgan fingerprint density at radius 1 is 0.750 bits per heavy atom. The standard InChI is InChI=1S/C18H18O2/c1-3-15-11-13(7-9-17(15)19)5-6-14-8-10-18(20)16(4-2)12-14/h3-4,7-12,19-20H,1-2,5-6H2. The van der Waals surface area contributed by atoms with E-state index in [0.29, 0.717) is 0 Å². The number of aromatic hydroxyl groups is 2. The zero-order valence-corrected chi connectivity index (χ0v) is 11.3. The number of phenolic OH excluding ortho intramolecular Hbond substituents is 2. The van der Waals surface area contributed by atoms with Crippen molar-refractivity contribution in [2.75, 3.05) is 0 Å². The first kappa shape index (κ1) is 13.9. The molecule has 0 radical (unpaired) electrons. The third-order valence-electron chi connectivity index (χ3n) is 3.33. The Kier molecular flexibility index (Phi) is 4.26. The molecule has 2 aromatic rings. The van der Waals surface area contributed by atoms with E-state index in [-0.39, 0.29) is 11.5 Å². The van der Waals surface area contributed by atoms with Gasteiger partial charge in [-0.05, 0) is 48.2 Å². The lowest BCUT2D eigenvalue weighted by atomic mass is 10.0. The lowest BCUT2D eigenvalue weighted by Gasteiger charge is -2.07. The maximum atomic E-state index is 9.61. The predicted octanol–water partition coefficient (Wildman–Crippen LogP) is 4.17.